The van der Waals surface area contributed by atoms with E-state index >= 15 is 0 Å². The van der Waals surface area contributed by atoms with Gasteiger partial charge in [0.15, 0.2) is 0 Å². The molecule has 1 aromatic rings. The van der Waals surface area contributed by atoms with E-state index in [1.165, 1.54) is 7.11 Å². The molecule has 0 atom stereocenters. The van der Waals surface area contributed by atoms with Crippen molar-refractivity contribution in [2.45, 2.75) is 32.7 Å². The summed E-state index contributed by atoms with van der Waals surface area (Å²) >= 11 is 0. The Kier molecular flexibility index (Phi) is 6.53. The van der Waals surface area contributed by atoms with Gasteiger partial charge in [-0.2, -0.15) is 0 Å². The minimum atomic E-state index is -0.364. The largest absolute Gasteiger partial charge is 0.490 e. The fourth-order valence-electron chi connectivity index (χ4n) is 2.33. The lowest BCUT2D eigenvalue weighted by molar-refractivity contribution is -0.385. The molecule has 0 bridgehead atoms. The highest BCUT2D eigenvalue weighted by Gasteiger charge is 2.25. The van der Waals surface area contributed by atoms with E-state index in [9.17, 15) is 10.1 Å². The summed E-state index contributed by atoms with van der Waals surface area (Å²) < 4.78 is 5.35. The zero-order valence-electron chi connectivity index (χ0n) is 15.3. The van der Waals surface area contributed by atoms with Crippen LogP contribution in [0.5, 0.6) is 5.75 Å². The van der Waals surface area contributed by atoms with Gasteiger partial charge in [-0.25, -0.2) is 0 Å². The van der Waals surface area contributed by atoms with Gasteiger partial charge in [0.1, 0.15) is 0 Å². The van der Waals surface area contributed by atoms with E-state index in [1.807, 2.05) is 27.2 Å². The van der Waals surface area contributed by atoms with Crippen LogP contribution >= 0.6 is 0 Å². The Morgan fingerprint density at radius 1 is 1.17 bits per heavy atom. The molecule has 0 saturated heterocycles. The zero-order chi connectivity index (χ0) is 17.8. The van der Waals surface area contributed by atoms with Crippen molar-refractivity contribution in [3.05, 3.63) is 33.4 Å². The molecule has 0 aliphatic carbocycles. The van der Waals surface area contributed by atoms with Crippen LogP contribution in [0.4, 0.5) is 5.69 Å². The molecule has 1 aromatic carbocycles. The van der Waals surface area contributed by atoms with Gasteiger partial charge in [0, 0.05) is 31.3 Å². The van der Waals surface area contributed by atoms with Crippen LogP contribution in [0.2, 0.25) is 0 Å². The van der Waals surface area contributed by atoms with Gasteiger partial charge in [0.2, 0.25) is 5.75 Å². The predicted molar refractivity (Wildman–Crippen MR) is 93.2 cm³/mol. The van der Waals surface area contributed by atoms with Crippen molar-refractivity contribution in [2.24, 2.45) is 0 Å². The van der Waals surface area contributed by atoms with E-state index < -0.39 is 0 Å². The number of nitrogens with zero attached hydrogens (tertiary/aromatic N) is 3. The van der Waals surface area contributed by atoms with Crippen molar-refractivity contribution in [1.82, 2.24) is 9.80 Å². The summed E-state index contributed by atoms with van der Waals surface area (Å²) in [5, 5.41) is 11.4. The van der Waals surface area contributed by atoms with E-state index in [0.29, 0.717) is 12.3 Å². The monoisotopic (exact) mass is 323 g/mol. The second-order valence-electron chi connectivity index (χ2n) is 7.24. The molecule has 0 amide bonds. The van der Waals surface area contributed by atoms with Gasteiger partial charge in [-0.1, -0.05) is 20.8 Å². The Hall–Kier alpha value is -1.66. The average molecular weight is 323 g/mol. The first-order valence-electron chi connectivity index (χ1n) is 7.75. The molecule has 0 spiro atoms. The number of benzene rings is 1. The fraction of sp³-hybridized carbons (Fsp3) is 0.647. The normalized spacial score (nSPS) is 12.0. The lowest BCUT2D eigenvalue weighted by Crippen LogP contribution is -2.28. The van der Waals surface area contributed by atoms with Crippen LogP contribution in [0.25, 0.3) is 0 Å². The van der Waals surface area contributed by atoms with Crippen LogP contribution in [0.3, 0.4) is 0 Å². The van der Waals surface area contributed by atoms with Crippen LogP contribution in [0.15, 0.2) is 12.1 Å². The standard InChI is InChI=1S/C17H29N3O3/c1-17(2,3)14-10-13(12-19(6)9-8-18(4)5)16(23-7)15(11-14)20(21)22/h10-11H,8-9,12H2,1-7H3. The maximum atomic E-state index is 11.4. The third kappa shape index (κ3) is 5.48. The number of hydrogen-bond donors (Lipinski definition) is 0. The van der Waals surface area contributed by atoms with Crippen molar-refractivity contribution < 1.29 is 9.66 Å². The maximum absolute atomic E-state index is 11.4. The molecule has 0 heterocycles. The summed E-state index contributed by atoms with van der Waals surface area (Å²) in [6.45, 7) is 8.58. The lowest BCUT2D eigenvalue weighted by Gasteiger charge is -2.24. The van der Waals surface area contributed by atoms with E-state index in [0.717, 1.165) is 24.2 Å². The second-order valence-corrected chi connectivity index (χ2v) is 7.24. The van der Waals surface area contributed by atoms with Crippen molar-refractivity contribution in [3.63, 3.8) is 0 Å². The molecule has 0 aromatic heterocycles. The summed E-state index contributed by atoms with van der Waals surface area (Å²) in [6, 6.07) is 3.65. The Morgan fingerprint density at radius 2 is 1.78 bits per heavy atom. The van der Waals surface area contributed by atoms with E-state index in [2.05, 4.69) is 30.6 Å². The zero-order valence-corrected chi connectivity index (χ0v) is 15.3. The van der Waals surface area contributed by atoms with Crippen molar-refractivity contribution in [3.8, 4) is 5.75 Å². The molecule has 0 fully saturated rings. The highest BCUT2D eigenvalue weighted by molar-refractivity contribution is 5.55. The van der Waals surface area contributed by atoms with Crippen LogP contribution in [-0.4, -0.2) is 56.1 Å². The second kappa shape index (κ2) is 7.75. The molecule has 1 rings (SSSR count). The molecular weight excluding hydrogens is 294 g/mol. The minimum Gasteiger partial charge on any atom is -0.490 e. The van der Waals surface area contributed by atoms with Crippen molar-refractivity contribution in [1.29, 1.82) is 0 Å². The Labute approximate surface area is 139 Å². The molecule has 6 heteroatoms. The van der Waals surface area contributed by atoms with Gasteiger partial charge < -0.3 is 14.5 Å². The van der Waals surface area contributed by atoms with Gasteiger partial charge in [0.05, 0.1) is 12.0 Å². The van der Waals surface area contributed by atoms with E-state index in [4.69, 9.17) is 4.74 Å². The van der Waals surface area contributed by atoms with Crippen molar-refractivity contribution in [2.75, 3.05) is 41.3 Å². The topological polar surface area (TPSA) is 58.8 Å². The van der Waals surface area contributed by atoms with Crippen molar-refractivity contribution >= 4 is 5.69 Å². The van der Waals surface area contributed by atoms with Crippen LogP contribution in [0, 0.1) is 10.1 Å². The number of nitro benzene ring substituents is 1. The third-order valence-electron chi connectivity index (χ3n) is 3.78. The Bertz CT molecular complexity index is 551. The molecule has 0 unspecified atom stereocenters. The number of likely N-dealkylation sites (N-methyl/N-ethyl adjacent to an activating group) is 2. The third-order valence-corrected chi connectivity index (χ3v) is 3.78. The SMILES string of the molecule is COc1c(CN(C)CCN(C)C)cc(C(C)(C)C)cc1[N+](=O)[O-]. The Morgan fingerprint density at radius 3 is 2.22 bits per heavy atom. The van der Waals surface area contributed by atoms with Crippen LogP contribution in [0.1, 0.15) is 31.9 Å². The quantitative estimate of drug-likeness (QED) is 0.570. The van der Waals surface area contributed by atoms with Gasteiger partial charge >= 0.3 is 5.69 Å². The summed E-state index contributed by atoms with van der Waals surface area (Å²) in [4.78, 5) is 15.3. The maximum Gasteiger partial charge on any atom is 0.311 e. The fourth-order valence-corrected chi connectivity index (χ4v) is 2.33. The van der Waals surface area contributed by atoms with Gasteiger partial charge in [-0.3, -0.25) is 10.1 Å². The molecule has 0 aliphatic heterocycles. The molecule has 0 N–H and O–H groups in total. The van der Waals surface area contributed by atoms with Gasteiger partial charge in [-0.05, 0) is 38.2 Å². The summed E-state index contributed by atoms with van der Waals surface area (Å²) in [5.74, 6) is 0.361. The molecular formula is C17H29N3O3. The first kappa shape index (κ1) is 19.4. The number of ether oxygens (including phenoxy) is 1. The average Bonchev–Trinajstić information content (AvgIpc) is 2.43. The lowest BCUT2D eigenvalue weighted by atomic mass is 9.85. The number of nitro groups is 1. The van der Waals surface area contributed by atoms with Crippen LogP contribution < -0.4 is 4.74 Å². The number of methoxy groups -OCH3 is 1. The smallest absolute Gasteiger partial charge is 0.311 e. The number of rotatable bonds is 7. The van der Waals surface area contributed by atoms with Gasteiger partial charge in [-0.15, -0.1) is 0 Å². The highest BCUT2D eigenvalue weighted by atomic mass is 16.6. The number of hydrogen-bond acceptors (Lipinski definition) is 5. The van der Waals surface area contributed by atoms with Crippen LogP contribution in [-0.2, 0) is 12.0 Å². The Balaban J connectivity index is 3.22. The van der Waals surface area contributed by atoms with Gasteiger partial charge in [0.25, 0.3) is 0 Å². The first-order valence-corrected chi connectivity index (χ1v) is 7.75. The molecule has 23 heavy (non-hydrogen) atoms. The summed E-state index contributed by atoms with van der Waals surface area (Å²) in [7, 11) is 7.56. The van der Waals surface area contributed by atoms with E-state index in [1.54, 1.807) is 6.07 Å². The molecule has 0 radical (unpaired) electrons. The summed E-state index contributed by atoms with van der Waals surface area (Å²) in [5.41, 5.74) is 1.68. The highest BCUT2D eigenvalue weighted by Crippen LogP contribution is 2.37. The minimum absolute atomic E-state index is 0.0379. The first-order chi connectivity index (χ1) is 10.6. The molecule has 130 valence electrons. The predicted octanol–water partition coefficient (Wildman–Crippen LogP) is 2.89. The molecule has 0 saturated carbocycles. The molecule has 6 nitrogen and oxygen atoms in total. The molecule has 0 aliphatic rings. The van der Waals surface area contributed by atoms with E-state index in [-0.39, 0.29) is 16.0 Å². The summed E-state index contributed by atoms with van der Waals surface area (Å²) in [6.07, 6.45) is 0.